The quantitative estimate of drug-likeness (QED) is 0.740. The van der Waals surface area contributed by atoms with Crippen LogP contribution in [0.25, 0.3) is 0 Å². The predicted molar refractivity (Wildman–Crippen MR) is 95.3 cm³/mol. The van der Waals surface area contributed by atoms with Gasteiger partial charge < -0.3 is 15.4 Å². The van der Waals surface area contributed by atoms with Gasteiger partial charge in [-0.2, -0.15) is 10.1 Å². The molecule has 0 spiro atoms. The molecule has 24 heavy (non-hydrogen) atoms. The normalized spacial score (nSPS) is 10.3. The van der Waals surface area contributed by atoms with Crippen LogP contribution in [-0.4, -0.2) is 22.3 Å². The van der Waals surface area contributed by atoms with Crippen molar-refractivity contribution in [3.05, 3.63) is 59.8 Å². The Bertz CT molecular complexity index is 850. The van der Waals surface area contributed by atoms with Crippen LogP contribution < -0.4 is 15.4 Å². The number of hydrogen-bond donors (Lipinski definition) is 2. The average molecular weight is 321 g/mol. The van der Waals surface area contributed by atoms with Gasteiger partial charge in [0, 0.05) is 5.69 Å². The molecule has 0 fully saturated rings. The predicted octanol–water partition coefficient (Wildman–Crippen LogP) is 3.98. The lowest BCUT2D eigenvalue weighted by Crippen LogP contribution is -2.03. The molecule has 0 aliphatic heterocycles. The second-order valence-corrected chi connectivity index (χ2v) is 5.49. The lowest BCUT2D eigenvalue weighted by atomic mass is 10.2. The standard InChI is InChI=1S/C18H19N5O/c1-12-5-4-6-14(9-12)20-17-11-19-23-18(22-17)21-15-10-13(2)7-8-16(15)24-3/h4-11H,1-3H3,(H2,20,21,22,23). The number of ether oxygens (including phenoxy) is 1. The first-order valence-electron chi connectivity index (χ1n) is 7.59. The Kier molecular flexibility index (Phi) is 4.56. The molecular weight excluding hydrogens is 302 g/mol. The second kappa shape index (κ2) is 6.95. The molecule has 0 aliphatic carbocycles. The number of hydrogen-bond acceptors (Lipinski definition) is 6. The van der Waals surface area contributed by atoms with Crippen LogP contribution >= 0.6 is 0 Å². The van der Waals surface area contributed by atoms with E-state index in [0.717, 1.165) is 22.7 Å². The monoisotopic (exact) mass is 321 g/mol. The second-order valence-electron chi connectivity index (χ2n) is 5.49. The summed E-state index contributed by atoms with van der Waals surface area (Å²) in [6, 6.07) is 13.9. The summed E-state index contributed by atoms with van der Waals surface area (Å²) in [5, 5.41) is 14.4. The summed E-state index contributed by atoms with van der Waals surface area (Å²) in [5.74, 6) is 1.74. The van der Waals surface area contributed by atoms with Gasteiger partial charge in [0.2, 0.25) is 5.95 Å². The molecule has 3 rings (SSSR count). The molecule has 1 aromatic heterocycles. The van der Waals surface area contributed by atoms with Gasteiger partial charge in [0.15, 0.2) is 5.82 Å². The van der Waals surface area contributed by atoms with Crippen molar-refractivity contribution in [1.82, 2.24) is 15.2 Å². The molecule has 6 nitrogen and oxygen atoms in total. The summed E-state index contributed by atoms with van der Waals surface area (Å²) in [5.41, 5.74) is 4.03. The molecule has 1 heterocycles. The first-order valence-corrected chi connectivity index (χ1v) is 7.59. The fraction of sp³-hybridized carbons (Fsp3) is 0.167. The molecule has 0 atom stereocenters. The van der Waals surface area contributed by atoms with Gasteiger partial charge in [0.25, 0.3) is 0 Å². The van der Waals surface area contributed by atoms with Crippen molar-refractivity contribution in [2.24, 2.45) is 0 Å². The third-order valence-corrected chi connectivity index (χ3v) is 3.45. The van der Waals surface area contributed by atoms with Gasteiger partial charge in [0.05, 0.1) is 19.0 Å². The summed E-state index contributed by atoms with van der Waals surface area (Å²) in [6.07, 6.45) is 1.58. The highest BCUT2D eigenvalue weighted by Gasteiger charge is 2.07. The van der Waals surface area contributed by atoms with Gasteiger partial charge in [0.1, 0.15) is 5.75 Å². The van der Waals surface area contributed by atoms with Crippen LogP contribution in [0.4, 0.5) is 23.1 Å². The number of aryl methyl sites for hydroxylation is 2. The molecular formula is C18H19N5O. The van der Waals surface area contributed by atoms with Crippen LogP contribution in [0.15, 0.2) is 48.7 Å². The zero-order valence-corrected chi connectivity index (χ0v) is 13.9. The summed E-state index contributed by atoms with van der Waals surface area (Å²) in [4.78, 5) is 4.45. The minimum atomic E-state index is 0.400. The molecule has 0 radical (unpaired) electrons. The van der Waals surface area contributed by atoms with E-state index in [1.54, 1.807) is 13.3 Å². The zero-order valence-electron chi connectivity index (χ0n) is 13.9. The van der Waals surface area contributed by atoms with Gasteiger partial charge in [-0.15, -0.1) is 5.10 Å². The first kappa shape index (κ1) is 15.7. The average Bonchev–Trinajstić information content (AvgIpc) is 2.55. The summed E-state index contributed by atoms with van der Waals surface area (Å²) >= 11 is 0. The van der Waals surface area contributed by atoms with E-state index in [1.165, 1.54) is 5.56 Å². The molecule has 3 aromatic rings. The van der Waals surface area contributed by atoms with Crippen LogP contribution in [0.2, 0.25) is 0 Å². The number of nitrogens with zero attached hydrogens (tertiary/aromatic N) is 3. The minimum Gasteiger partial charge on any atom is -0.495 e. The number of methoxy groups -OCH3 is 1. The number of benzene rings is 2. The van der Waals surface area contributed by atoms with Crippen LogP contribution in [0.5, 0.6) is 5.75 Å². The van der Waals surface area contributed by atoms with Crippen molar-refractivity contribution < 1.29 is 4.74 Å². The van der Waals surface area contributed by atoms with Crippen molar-refractivity contribution in [3.63, 3.8) is 0 Å². The number of nitrogens with one attached hydrogen (secondary N) is 2. The topological polar surface area (TPSA) is 72.0 Å². The van der Waals surface area contributed by atoms with Gasteiger partial charge in [-0.05, 0) is 49.2 Å². The molecule has 6 heteroatoms. The largest absolute Gasteiger partial charge is 0.495 e. The minimum absolute atomic E-state index is 0.400. The Hall–Kier alpha value is -3.15. The Balaban J connectivity index is 1.82. The van der Waals surface area contributed by atoms with Crippen molar-refractivity contribution in [3.8, 4) is 5.75 Å². The van der Waals surface area contributed by atoms with Crippen LogP contribution in [0, 0.1) is 13.8 Å². The van der Waals surface area contributed by atoms with Crippen molar-refractivity contribution in [2.75, 3.05) is 17.7 Å². The zero-order chi connectivity index (χ0) is 16.9. The highest BCUT2D eigenvalue weighted by molar-refractivity contribution is 5.64. The Labute approximate surface area is 140 Å². The number of aromatic nitrogens is 3. The molecule has 122 valence electrons. The Morgan fingerprint density at radius 1 is 0.958 bits per heavy atom. The van der Waals surface area contributed by atoms with E-state index in [1.807, 2.05) is 56.3 Å². The van der Waals surface area contributed by atoms with Crippen molar-refractivity contribution >= 4 is 23.1 Å². The van der Waals surface area contributed by atoms with Crippen molar-refractivity contribution in [1.29, 1.82) is 0 Å². The molecule has 0 bridgehead atoms. The fourth-order valence-electron chi connectivity index (χ4n) is 2.33. The molecule has 0 aliphatic rings. The van der Waals surface area contributed by atoms with Crippen LogP contribution in [0.1, 0.15) is 11.1 Å². The molecule has 0 saturated heterocycles. The fourth-order valence-corrected chi connectivity index (χ4v) is 2.33. The Morgan fingerprint density at radius 2 is 1.79 bits per heavy atom. The lowest BCUT2D eigenvalue weighted by molar-refractivity contribution is 0.416. The maximum absolute atomic E-state index is 5.36. The Morgan fingerprint density at radius 3 is 2.58 bits per heavy atom. The van der Waals surface area contributed by atoms with E-state index in [0.29, 0.717) is 11.8 Å². The van der Waals surface area contributed by atoms with Crippen molar-refractivity contribution in [2.45, 2.75) is 13.8 Å². The highest BCUT2D eigenvalue weighted by atomic mass is 16.5. The van der Waals surface area contributed by atoms with Gasteiger partial charge in [-0.25, -0.2) is 0 Å². The smallest absolute Gasteiger partial charge is 0.249 e. The summed E-state index contributed by atoms with van der Waals surface area (Å²) < 4.78 is 5.36. The van der Waals surface area contributed by atoms with Gasteiger partial charge >= 0.3 is 0 Å². The van der Waals surface area contributed by atoms with E-state index in [9.17, 15) is 0 Å². The van der Waals surface area contributed by atoms with E-state index >= 15 is 0 Å². The molecule has 0 amide bonds. The summed E-state index contributed by atoms with van der Waals surface area (Å²) in [7, 11) is 1.63. The first-order chi connectivity index (χ1) is 11.6. The molecule has 2 aromatic carbocycles. The third kappa shape index (κ3) is 3.78. The summed E-state index contributed by atoms with van der Waals surface area (Å²) in [6.45, 7) is 4.06. The number of rotatable bonds is 5. The highest BCUT2D eigenvalue weighted by Crippen LogP contribution is 2.27. The van der Waals surface area contributed by atoms with Gasteiger partial charge in [-0.1, -0.05) is 18.2 Å². The molecule has 2 N–H and O–H groups in total. The maximum Gasteiger partial charge on any atom is 0.249 e. The molecule has 0 unspecified atom stereocenters. The van der Waals surface area contributed by atoms with Gasteiger partial charge in [-0.3, -0.25) is 0 Å². The third-order valence-electron chi connectivity index (χ3n) is 3.45. The lowest BCUT2D eigenvalue weighted by Gasteiger charge is -2.11. The van der Waals surface area contributed by atoms with E-state index < -0.39 is 0 Å². The maximum atomic E-state index is 5.36. The van der Waals surface area contributed by atoms with E-state index in [4.69, 9.17) is 4.74 Å². The number of anilines is 4. The van der Waals surface area contributed by atoms with Crippen LogP contribution in [0.3, 0.4) is 0 Å². The molecule has 0 saturated carbocycles. The van der Waals surface area contributed by atoms with E-state index in [-0.39, 0.29) is 0 Å². The van der Waals surface area contributed by atoms with Crippen LogP contribution in [-0.2, 0) is 0 Å². The SMILES string of the molecule is COc1ccc(C)cc1Nc1nncc(Nc2cccc(C)c2)n1. The van der Waals surface area contributed by atoms with E-state index in [2.05, 4.69) is 25.8 Å².